The second-order valence-electron chi connectivity index (χ2n) is 6.44. The molecule has 0 spiro atoms. The van der Waals surface area contributed by atoms with Gasteiger partial charge in [-0.05, 0) is 56.1 Å². The van der Waals surface area contributed by atoms with Gasteiger partial charge in [0, 0.05) is 13.6 Å². The number of nitrogens with two attached hydrogens (primary N) is 1. The average molecular weight is 274 g/mol. The number of fused-ring (bicyclic) bond motifs is 2. The van der Waals surface area contributed by atoms with Crippen LogP contribution in [0.3, 0.4) is 0 Å². The van der Waals surface area contributed by atoms with Crippen LogP contribution in [0.25, 0.3) is 0 Å². The van der Waals surface area contributed by atoms with E-state index in [-0.39, 0.29) is 0 Å². The lowest BCUT2D eigenvalue weighted by molar-refractivity contribution is 0.336. The quantitative estimate of drug-likeness (QED) is 0.835. The fourth-order valence-corrected chi connectivity index (χ4v) is 4.20. The van der Waals surface area contributed by atoms with E-state index < -0.39 is 0 Å². The first-order chi connectivity index (χ1) is 9.69. The Hall–Kier alpha value is -1.38. The lowest BCUT2D eigenvalue weighted by Crippen LogP contribution is -2.29. The van der Waals surface area contributed by atoms with Crippen LogP contribution in [0, 0.1) is 17.8 Å². The Morgan fingerprint density at radius 2 is 2.15 bits per heavy atom. The molecule has 0 aliphatic heterocycles. The Morgan fingerprint density at radius 1 is 1.30 bits per heavy atom. The monoisotopic (exact) mass is 274 g/mol. The first kappa shape index (κ1) is 13.6. The lowest BCUT2D eigenvalue weighted by atomic mass is 9.88. The summed E-state index contributed by atoms with van der Waals surface area (Å²) in [6.07, 6.45) is 5.79. The molecule has 2 saturated carbocycles. The largest absolute Gasteiger partial charge is 0.492 e. The van der Waals surface area contributed by atoms with Crippen LogP contribution in [0.15, 0.2) is 18.2 Å². The molecule has 0 saturated heterocycles. The van der Waals surface area contributed by atoms with Crippen molar-refractivity contribution < 1.29 is 4.74 Å². The molecule has 3 nitrogen and oxygen atoms in total. The average Bonchev–Trinajstić information content (AvgIpc) is 3.03. The van der Waals surface area contributed by atoms with Crippen LogP contribution < -0.4 is 15.4 Å². The number of nitrogens with zero attached hydrogens (tertiary/aromatic N) is 1. The fraction of sp³-hybridized carbons (Fsp3) is 0.647. The van der Waals surface area contributed by atoms with Crippen molar-refractivity contribution in [3.63, 3.8) is 0 Å². The molecule has 1 aromatic rings. The normalized spacial score (nSPS) is 27.8. The number of para-hydroxylation sites is 1. The Labute approximate surface area is 122 Å². The predicted octanol–water partition coefficient (Wildman–Crippen LogP) is 3.54. The maximum absolute atomic E-state index is 6.25. The van der Waals surface area contributed by atoms with Gasteiger partial charge in [0.25, 0.3) is 0 Å². The zero-order valence-electron chi connectivity index (χ0n) is 12.6. The van der Waals surface area contributed by atoms with Gasteiger partial charge in [-0.2, -0.15) is 0 Å². The van der Waals surface area contributed by atoms with E-state index in [1.807, 2.05) is 19.1 Å². The molecular weight excluding hydrogens is 248 g/mol. The highest BCUT2D eigenvalue weighted by atomic mass is 16.5. The van der Waals surface area contributed by atoms with Gasteiger partial charge >= 0.3 is 0 Å². The zero-order chi connectivity index (χ0) is 14.1. The van der Waals surface area contributed by atoms with Gasteiger partial charge in [0.05, 0.1) is 18.0 Å². The highest BCUT2D eigenvalue weighted by Gasteiger charge is 2.39. The smallest absolute Gasteiger partial charge is 0.144 e. The zero-order valence-corrected chi connectivity index (χ0v) is 12.6. The molecule has 0 amide bonds. The van der Waals surface area contributed by atoms with E-state index in [1.165, 1.54) is 25.7 Å². The first-order valence-electron chi connectivity index (χ1n) is 7.91. The third kappa shape index (κ3) is 2.46. The van der Waals surface area contributed by atoms with Crippen molar-refractivity contribution in [2.45, 2.75) is 32.6 Å². The predicted molar refractivity (Wildman–Crippen MR) is 84.2 cm³/mol. The standard InChI is InChI=1S/C17H26N2O/c1-3-20-16-6-4-5-15(17(16)18)19(2)11-14-10-12-7-8-13(14)9-12/h4-6,12-14H,3,7-11,18H2,1-2H3. The van der Waals surface area contributed by atoms with E-state index in [4.69, 9.17) is 10.5 Å². The Morgan fingerprint density at radius 3 is 2.80 bits per heavy atom. The molecule has 0 radical (unpaired) electrons. The second-order valence-corrected chi connectivity index (χ2v) is 6.44. The maximum atomic E-state index is 6.25. The number of hydrogen-bond acceptors (Lipinski definition) is 3. The van der Waals surface area contributed by atoms with Crippen molar-refractivity contribution in [2.75, 3.05) is 30.8 Å². The Kier molecular flexibility index (Phi) is 3.77. The van der Waals surface area contributed by atoms with Gasteiger partial charge in [0.15, 0.2) is 0 Å². The van der Waals surface area contributed by atoms with Gasteiger partial charge < -0.3 is 15.4 Å². The molecule has 2 aliphatic carbocycles. The Balaban J connectivity index is 1.70. The molecular formula is C17H26N2O. The van der Waals surface area contributed by atoms with E-state index in [0.717, 1.165) is 41.4 Å². The minimum Gasteiger partial charge on any atom is -0.492 e. The second kappa shape index (κ2) is 5.55. The van der Waals surface area contributed by atoms with Gasteiger partial charge in [-0.25, -0.2) is 0 Å². The molecule has 2 fully saturated rings. The minimum absolute atomic E-state index is 0.656. The van der Waals surface area contributed by atoms with Crippen molar-refractivity contribution in [2.24, 2.45) is 17.8 Å². The molecule has 3 atom stereocenters. The van der Waals surface area contributed by atoms with Crippen molar-refractivity contribution in [3.8, 4) is 5.75 Å². The summed E-state index contributed by atoms with van der Waals surface area (Å²) in [5.74, 6) is 3.63. The topological polar surface area (TPSA) is 38.5 Å². The van der Waals surface area contributed by atoms with Gasteiger partial charge in [0.2, 0.25) is 0 Å². The van der Waals surface area contributed by atoms with Crippen LogP contribution >= 0.6 is 0 Å². The van der Waals surface area contributed by atoms with Crippen LogP contribution in [0.5, 0.6) is 5.75 Å². The third-order valence-electron chi connectivity index (χ3n) is 5.15. The molecule has 110 valence electrons. The summed E-state index contributed by atoms with van der Waals surface area (Å²) in [7, 11) is 2.16. The van der Waals surface area contributed by atoms with Crippen molar-refractivity contribution in [3.05, 3.63) is 18.2 Å². The minimum atomic E-state index is 0.656. The number of ether oxygens (including phenoxy) is 1. The Bertz CT molecular complexity index is 474. The molecule has 2 aliphatic rings. The molecule has 3 rings (SSSR count). The van der Waals surface area contributed by atoms with Crippen LogP contribution in [-0.4, -0.2) is 20.2 Å². The number of benzene rings is 1. The summed E-state index contributed by atoms with van der Waals surface area (Å²) in [6.45, 7) is 3.77. The SMILES string of the molecule is CCOc1cccc(N(C)CC2CC3CCC2C3)c1N. The van der Waals surface area contributed by atoms with E-state index in [9.17, 15) is 0 Å². The summed E-state index contributed by atoms with van der Waals surface area (Å²) in [5, 5.41) is 0. The maximum Gasteiger partial charge on any atom is 0.144 e. The molecule has 2 N–H and O–H groups in total. The van der Waals surface area contributed by atoms with Crippen molar-refractivity contribution in [1.82, 2.24) is 0 Å². The summed E-state index contributed by atoms with van der Waals surface area (Å²) in [6, 6.07) is 6.09. The van der Waals surface area contributed by atoms with Crippen molar-refractivity contribution in [1.29, 1.82) is 0 Å². The van der Waals surface area contributed by atoms with Gasteiger partial charge in [-0.15, -0.1) is 0 Å². The number of anilines is 2. The van der Waals surface area contributed by atoms with Gasteiger partial charge in [0.1, 0.15) is 5.75 Å². The summed E-state index contributed by atoms with van der Waals surface area (Å²) in [4.78, 5) is 2.32. The number of hydrogen-bond donors (Lipinski definition) is 1. The molecule has 0 aromatic heterocycles. The van der Waals surface area contributed by atoms with E-state index in [1.54, 1.807) is 0 Å². The first-order valence-corrected chi connectivity index (χ1v) is 7.91. The lowest BCUT2D eigenvalue weighted by Gasteiger charge is -2.29. The molecule has 3 heteroatoms. The molecule has 1 aromatic carbocycles. The molecule has 2 bridgehead atoms. The van der Waals surface area contributed by atoms with Crippen LogP contribution in [-0.2, 0) is 0 Å². The van der Waals surface area contributed by atoms with Gasteiger partial charge in [-0.3, -0.25) is 0 Å². The van der Waals surface area contributed by atoms with Crippen LogP contribution in [0.1, 0.15) is 32.6 Å². The molecule has 0 heterocycles. The van der Waals surface area contributed by atoms with Gasteiger partial charge in [-0.1, -0.05) is 12.5 Å². The third-order valence-corrected chi connectivity index (χ3v) is 5.15. The molecule has 3 unspecified atom stereocenters. The van der Waals surface area contributed by atoms with Crippen LogP contribution in [0.2, 0.25) is 0 Å². The number of rotatable bonds is 5. The summed E-state index contributed by atoms with van der Waals surface area (Å²) < 4.78 is 5.60. The van der Waals surface area contributed by atoms with E-state index in [0.29, 0.717) is 6.61 Å². The van der Waals surface area contributed by atoms with E-state index in [2.05, 4.69) is 18.0 Å². The van der Waals surface area contributed by atoms with Crippen LogP contribution in [0.4, 0.5) is 11.4 Å². The molecule has 20 heavy (non-hydrogen) atoms. The highest BCUT2D eigenvalue weighted by molar-refractivity contribution is 5.73. The highest BCUT2D eigenvalue weighted by Crippen LogP contribution is 2.48. The summed E-state index contributed by atoms with van der Waals surface area (Å²) in [5.41, 5.74) is 8.14. The van der Waals surface area contributed by atoms with E-state index >= 15 is 0 Å². The summed E-state index contributed by atoms with van der Waals surface area (Å²) >= 11 is 0. The number of nitrogen functional groups attached to an aromatic ring is 1. The fourth-order valence-electron chi connectivity index (χ4n) is 4.20. The van der Waals surface area contributed by atoms with Crippen molar-refractivity contribution >= 4 is 11.4 Å².